The monoisotopic (exact) mass is 278 g/mol. The number of halogens is 1. The van der Waals surface area contributed by atoms with Crippen LogP contribution in [0.3, 0.4) is 0 Å². The number of nitrogens with two attached hydrogens (primary N) is 1. The summed E-state index contributed by atoms with van der Waals surface area (Å²) in [6.45, 7) is 3.86. The molecule has 0 saturated heterocycles. The Kier molecular flexibility index (Phi) is 4.12. The van der Waals surface area contributed by atoms with Gasteiger partial charge in [-0.05, 0) is 38.1 Å². The molecule has 19 heavy (non-hydrogen) atoms. The number of hydrogen-bond acceptors (Lipinski definition) is 4. The van der Waals surface area contributed by atoms with Gasteiger partial charge in [0.1, 0.15) is 0 Å². The number of ether oxygens (including phenoxy) is 2. The molecule has 1 aromatic carbocycles. The third-order valence-corrected chi connectivity index (χ3v) is 2.59. The number of rotatable bonds is 4. The maximum absolute atomic E-state index is 6.06. The fraction of sp³-hybridized carbons (Fsp3) is 0.214. The number of aromatic nitrogens is 1. The van der Waals surface area contributed by atoms with Gasteiger partial charge in [0, 0.05) is 6.20 Å². The van der Waals surface area contributed by atoms with Gasteiger partial charge in [0.25, 0.3) is 5.88 Å². The highest BCUT2D eigenvalue weighted by Crippen LogP contribution is 2.37. The maximum Gasteiger partial charge on any atom is 0.262 e. The molecule has 0 saturated carbocycles. The summed E-state index contributed by atoms with van der Waals surface area (Å²) >= 11 is 6.06. The standard InChI is InChI=1S/C14H15ClN2O2/c1-9(2)18-12-7-4-8-17-14(12)19-13-10(15)5-3-6-11(13)16/h3-9H,16H2,1-2H3. The van der Waals surface area contributed by atoms with E-state index in [4.69, 9.17) is 26.8 Å². The van der Waals surface area contributed by atoms with Crippen LogP contribution in [0.25, 0.3) is 0 Å². The molecule has 2 rings (SSSR count). The Hall–Kier alpha value is -1.94. The summed E-state index contributed by atoms with van der Waals surface area (Å²) in [4.78, 5) is 4.15. The van der Waals surface area contributed by atoms with Gasteiger partial charge in [0.15, 0.2) is 11.5 Å². The van der Waals surface area contributed by atoms with Crippen molar-refractivity contribution in [1.29, 1.82) is 0 Å². The summed E-state index contributed by atoms with van der Waals surface area (Å²) in [5, 5.41) is 0.432. The van der Waals surface area contributed by atoms with E-state index in [-0.39, 0.29) is 6.10 Å². The van der Waals surface area contributed by atoms with E-state index in [9.17, 15) is 0 Å². The van der Waals surface area contributed by atoms with Crippen LogP contribution in [0.2, 0.25) is 5.02 Å². The average molecular weight is 279 g/mol. The predicted octanol–water partition coefficient (Wildman–Crippen LogP) is 3.90. The lowest BCUT2D eigenvalue weighted by Crippen LogP contribution is -2.07. The molecule has 1 heterocycles. The summed E-state index contributed by atoms with van der Waals surface area (Å²) in [6, 6.07) is 8.75. The molecular formula is C14H15ClN2O2. The van der Waals surface area contributed by atoms with Crippen LogP contribution in [0.4, 0.5) is 5.69 Å². The van der Waals surface area contributed by atoms with E-state index in [1.54, 1.807) is 36.5 Å². The predicted molar refractivity (Wildman–Crippen MR) is 75.9 cm³/mol. The fourth-order valence-corrected chi connectivity index (χ4v) is 1.75. The van der Waals surface area contributed by atoms with E-state index in [1.807, 2.05) is 13.8 Å². The molecule has 0 spiro atoms. The largest absolute Gasteiger partial charge is 0.485 e. The molecule has 0 fully saturated rings. The van der Waals surface area contributed by atoms with E-state index in [0.29, 0.717) is 28.1 Å². The normalized spacial score (nSPS) is 10.5. The first-order valence-electron chi connectivity index (χ1n) is 5.91. The Balaban J connectivity index is 2.33. The van der Waals surface area contributed by atoms with E-state index >= 15 is 0 Å². The van der Waals surface area contributed by atoms with E-state index < -0.39 is 0 Å². The Morgan fingerprint density at radius 3 is 2.68 bits per heavy atom. The minimum atomic E-state index is 0.0233. The first kappa shape index (κ1) is 13.5. The molecule has 2 N–H and O–H groups in total. The van der Waals surface area contributed by atoms with Crippen LogP contribution in [0.1, 0.15) is 13.8 Å². The van der Waals surface area contributed by atoms with Gasteiger partial charge in [-0.2, -0.15) is 0 Å². The number of anilines is 1. The summed E-state index contributed by atoms with van der Waals surface area (Å²) in [6.07, 6.45) is 1.64. The second-order valence-electron chi connectivity index (χ2n) is 4.23. The average Bonchev–Trinajstić information content (AvgIpc) is 2.35. The van der Waals surface area contributed by atoms with E-state index in [2.05, 4.69) is 4.98 Å². The van der Waals surface area contributed by atoms with Crippen molar-refractivity contribution < 1.29 is 9.47 Å². The van der Waals surface area contributed by atoms with Gasteiger partial charge in [-0.25, -0.2) is 4.98 Å². The minimum Gasteiger partial charge on any atom is -0.485 e. The van der Waals surface area contributed by atoms with Crippen LogP contribution < -0.4 is 15.2 Å². The Labute approximate surface area is 117 Å². The van der Waals surface area contributed by atoms with Gasteiger partial charge in [0.2, 0.25) is 0 Å². The topological polar surface area (TPSA) is 57.4 Å². The lowest BCUT2D eigenvalue weighted by molar-refractivity contribution is 0.231. The lowest BCUT2D eigenvalue weighted by Gasteiger charge is -2.14. The molecule has 0 unspecified atom stereocenters. The molecule has 0 bridgehead atoms. The highest BCUT2D eigenvalue weighted by Gasteiger charge is 2.13. The molecule has 1 aromatic heterocycles. The number of nitrogen functional groups attached to an aromatic ring is 1. The van der Waals surface area contributed by atoms with Gasteiger partial charge in [-0.15, -0.1) is 0 Å². The summed E-state index contributed by atoms with van der Waals surface area (Å²) < 4.78 is 11.3. The van der Waals surface area contributed by atoms with Crippen molar-refractivity contribution in [1.82, 2.24) is 4.98 Å². The quantitative estimate of drug-likeness (QED) is 0.862. The zero-order valence-corrected chi connectivity index (χ0v) is 11.5. The number of nitrogens with zero attached hydrogens (tertiary/aromatic N) is 1. The minimum absolute atomic E-state index is 0.0233. The second-order valence-corrected chi connectivity index (χ2v) is 4.64. The van der Waals surface area contributed by atoms with Gasteiger partial charge in [0.05, 0.1) is 16.8 Å². The number of benzene rings is 1. The molecule has 5 heteroatoms. The van der Waals surface area contributed by atoms with Gasteiger partial charge >= 0.3 is 0 Å². The zero-order valence-electron chi connectivity index (χ0n) is 10.8. The van der Waals surface area contributed by atoms with E-state index in [0.717, 1.165) is 0 Å². The van der Waals surface area contributed by atoms with Crippen LogP contribution in [-0.4, -0.2) is 11.1 Å². The van der Waals surface area contributed by atoms with Crippen LogP contribution in [0, 0.1) is 0 Å². The Bertz CT molecular complexity index is 553. The number of pyridine rings is 1. The summed E-state index contributed by atoms with van der Waals surface area (Å²) in [5.41, 5.74) is 6.29. The maximum atomic E-state index is 6.06. The number of para-hydroxylation sites is 1. The van der Waals surface area contributed by atoms with Gasteiger partial charge in [-0.3, -0.25) is 0 Å². The first-order valence-corrected chi connectivity index (χ1v) is 6.29. The van der Waals surface area contributed by atoms with Crippen molar-refractivity contribution >= 4 is 17.3 Å². The van der Waals surface area contributed by atoms with Crippen molar-refractivity contribution in [2.75, 3.05) is 5.73 Å². The third kappa shape index (κ3) is 3.29. The van der Waals surface area contributed by atoms with Crippen molar-refractivity contribution in [3.8, 4) is 17.4 Å². The molecule has 2 aromatic rings. The second kappa shape index (κ2) is 5.80. The lowest BCUT2D eigenvalue weighted by atomic mass is 10.3. The molecule has 0 atom stereocenters. The van der Waals surface area contributed by atoms with Crippen LogP contribution in [0.15, 0.2) is 36.5 Å². The number of hydrogen-bond donors (Lipinski definition) is 1. The third-order valence-electron chi connectivity index (χ3n) is 2.30. The smallest absolute Gasteiger partial charge is 0.262 e. The van der Waals surface area contributed by atoms with Gasteiger partial charge in [-0.1, -0.05) is 17.7 Å². The highest BCUT2D eigenvalue weighted by atomic mass is 35.5. The molecule has 4 nitrogen and oxygen atoms in total. The molecule has 100 valence electrons. The van der Waals surface area contributed by atoms with Crippen LogP contribution in [0.5, 0.6) is 17.4 Å². The molecule has 0 aliphatic rings. The van der Waals surface area contributed by atoms with Crippen LogP contribution in [-0.2, 0) is 0 Å². The van der Waals surface area contributed by atoms with E-state index in [1.165, 1.54) is 0 Å². The Morgan fingerprint density at radius 2 is 2.00 bits per heavy atom. The molecular weight excluding hydrogens is 264 g/mol. The highest BCUT2D eigenvalue weighted by molar-refractivity contribution is 6.32. The molecule has 0 radical (unpaired) electrons. The van der Waals surface area contributed by atoms with Crippen LogP contribution >= 0.6 is 11.6 Å². The van der Waals surface area contributed by atoms with Crippen molar-refractivity contribution in [3.05, 3.63) is 41.6 Å². The molecule has 0 aliphatic heterocycles. The molecule has 0 amide bonds. The van der Waals surface area contributed by atoms with Crippen molar-refractivity contribution in [2.24, 2.45) is 0 Å². The summed E-state index contributed by atoms with van der Waals surface area (Å²) in [5.74, 6) is 1.28. The summed E-state index contributed by atoms with van der Waals surface area (Å²) in [7, 11) is 0. The first-order chi connectivity index (χ1) is 9.08. The zero-order chi connectivity index (χ0) is 13.8. The Morgan fingerprint density at radius 1 is 1.21 bits per heavy atom. The fourth-order valence-electron chi connectivity index (χ4n) is 1.53. The van der Waals surface area contributed by atoms with Crippen molar-refractivity contribution in [2.45, 2.75) is 20.0 Å². The molecule has 0 aliphatic carbocycles. The SMILES string of the molecule is CC(C)Oc1cccnc1Oc1c(N)cccc1Cl. The van der Waals surface area contributed by atoms with Crippen molar-refractivity contribution in [3.63, 3.8) is 0 Å². The van der Waals surface area contributed by atoms with Gasteiger partial charge < -0.3 is 15.2 Å².